The minimum Gasteiger partial charge on any atom is -0.496 e. The molecule has 0 saturated carbocycles. The van der Waals surface area contributed by atoms with Crippen molar-refractivity contribution in [1.29, 1.82) is 0 Å². The van der Waals surface area contributed by atoms with Gasteiger partial charge in [-0.2, -0.15) is 0 Å². The van der Waals surface area contributed by atoms with Crippen molar-refractivity contribution in [2.75, 3.05) is 21.0 Å². The number of rotatable bonds is 8. The lowest BCUT2D eigenvalue weighted by Gasteiger charge is -2.35. The molecule has 11 nitrogen and oxygen atoms in total. The Morgan fingerprint density at radius 2 is 1.68 bits per heavy atom. The lowest BCUT2D eigenvalue weighted by molar-refractivity contribution is -0.375. The van der Waals surface area contributed by atoms with E-state index in [1.54, 1.807) is 0 Å². The molecule has 12 heteroatoms. The molecule has 0 bridgehead atoms. The second-order valence-electron chi connectivity index (χ2n) is 5.18. The van der Waals surface area contributed by atoms with Crippen LogP contribution in [0.3, 0.4) is 0 Å². The van der Waals surface area contributed by atoms with Crippen LogP contribution in [0, 0.1) is 0 Å². The maximum atomic E-state index is 11.4. The van der Waals surface area contributed by atoms with E-state index in [2.05, 4.69) is 39.3 Å². The molecule has 160 valence electrons. The van der Waals surface area contributed by atoms with Crippen LogP contribution in [-0.4, -0.2) is 59.9 Å². The number of carbonyl (C=O) groups is 2. The third-order valence-corrected chi connectivity index (χ3v) is 3.56. The molecule has 0 fully saturated rings. The van der Waals surface area contributed by atoms with Gasteiger partial charge in [0.15, 0.2) is 0 Å². The Bertz CT molecular complexity index is 651. The summed E-state index contributed by atoms with van der Waals surface area (Å²) in [5.74, 6) is -7.11. The van der Waals surface area contributed by atoms with Crippen LogP contribution in [0.2, 0.25) is 0 Å². The smallest absolute Gasteiger partial charge is 0.414 e. The summed E-state index contributed by atoms with van der Waals surface area (Å²) in [5, 5.41) is 41.6. The van der Waals surface area contributed by atoms with Crippen LogP contribution in [0.1, 0.15) is 25.8 Å². The van der Waals surface area contributed by atoms with Gasteiger partial charge in [0.05, 0.1) is 24.3 Å². The predicted octanol–water partition coefficient (Wildman–Crippen LogP) is 0.515. The predicted molar refractivity (Wildman–Crippen MR) is 98.1 cm³/mol. The number of amides is 1. The molecule has 1 rings (SSSR count). The van der Waals surface area contributed by atoms with Crippen molar-refractivity contribution in [3.8, 4) is 11.5 Å². The summed E-state index contributed by atoms with van der Waals surface area (Å²) >= 11 is 3.15. The highest BCUT2D eigenvalue weighted by molar-refractivity contribution is 9.10. The average Bonchev–Trinajstić information content (AvgIpc) is 2.61. The Balaban J connectivity index is 0.00000227. The van der Waals surface area contributed by atoms with Crippen LogP contribution in [0.15, 0.2) is 16.6 Å². The molecule has 0 radical (unpaired) electrons. The molecule has 5 N–H and O–H groups in total. The van der Waals surface area contributed by atoms with Gasteiger partial charge in [0.1, 0.15) is 11.5 Å². The van der Waals surface area contributed by atoms with Gasteiger partial charge in [0.2, 0.25) is 6.79 Å². The Labute approximate surface area is 169 Å². The molecule has 0 aliphatic carbocycles. The third-order valence-electron chi connectivity index (χ3n) is 2.94. The Kier molecular flexibility index (Phi) is 10.8. The summed E-state index contributed by atoms with van der Waals surface area (Å²) in [6, 6.07) is 2.33. The summed E-state index contributed by atoms with van der Waals surface area (Å²) < 4.78 is 18.7. The molecule has 0 atom stereocenters. The topological polar surface area (TPSA) is 164 Å². The Hall–Kier alpha value is -2.12. The summed E-state index contributed by atoms with van der Waals surface area (Å²) in [4.78, 5) is 21.3. The van der Waals surface area contributed by atoms with Crippen molar-refractivity contribution < 1.29 is 49.0 Å². The molecule has 0 aliphatic heterocycles. The van der Waals surface area contributed by atoms with Crippen LogP contribution in [-0.2, 0) is 20.1 Å². The van der Waals surface area contributed by atoms with Gasteiger partial charge in [-0.25, -0.2) is 4.79 Å². The van der Waals surface area contributed by atoms with Crippen LogP contribution >= 0.6 is 15.9 Å². The molecule has 1 aromatic carbocycles. The summed E-state index contributed by atoms with van der Waals surface area (Å²) in [5.41, 5.74) is -0.538. The second kappa shape index (κ2) is 11.7. The number of hydrogen-bond donors (Lipinski definition) is 5. The molecular weight excluding hydrogens is 446 g/mol. The number of halogens is 1. The maximum absolute atomic E-state index is 11.4. The van der Waals surface area contributed by atoms with Gasteiger partial charge in [-0.1, -0.05) is 20.3 Å². The fraction of sp³-hybridized carbons (Fsp3) is 0.500. The first kappa shape index (κ1) is 25.9. The molecule has 1 amide bonds. The highest BCUT2D eigenvalue weighted by atomic mass is 79.9. The number of benzene rings is 1. The van der Waals surface area contributed by atoms with E-state index in [1.807, 2.05) is 0 Å². The molecule has 0 unspecified atom stereocenters. The standard InChI is InChI=1S/C13H16BrNO10.C3H8/c1-22-9-4-8(14)10(23-2)3-7(9)12(18,19)13(20,21)15-11(17)25-6-24-5-16;1-3-2/h3-5,18-21H,6H2,1-2H3,(H,15,17);3H2,1-2H3. The number of carbonyl (C=O) groups excluding carboxylic acids is 2. The van der Waals surface area contributed by atoms with Crippen molar-refractivity contribution in [2.45, 2.75) is 32.0 Å². The highest BCUT2D eigenvalue weighted by Gasteiger charge is 2.52. The number of hydrogen-bond acceptors (Lipinski definition) is 10. The van der Waals surface area contributed by atoms with Gasteiger partial charge >= 0.3 is 12.0 Å². The monoisotopic (exact) mass is 469 g/mol. The molecule has 0 aliphatic rings. The number of aliphatic hydroxyl groups is 4. The largest absolute Gasteiger partial charge is 0.496 e. The van der Waals surface area contributed by atoms with Crippen LogP contribution in [0.25, 0.3) is 0 Å². The van der Waals surface area contributed by atoms with Gasteiger partial charge in [0, 0.05) is 0 Å². The Morgan fingerprint density at radius 1 is 1.14 bits per heavy atom. The van der Waals surface area contributed by atoms with Gasteiger partial charge in [-0.3, -0.25) is 10.1 Å². The van der Waals surface area contributed by atoms with Crippen molar-refractivity contribution in [3.05, 3.63) is 22.2 Å². The van der Waals surface area contributed by atoms with E-state index < -0.39 is 30.1 Å². The minimum atomic E-state index is -3.61. The first-order chi connectivity index (χ1) is 13.0. The molecule has 0 spiro atoms. The summed E-state index contributed by atoms with van der Waals surface area (Å²) in [6.07, 6.45) is -0.262. The number of alkyl carbamates (subject to hydrolysis) is 1. The Morgan fingerprint density at radius 3 is 2.14 bits per heavy atom. The number of nitrogens with one attached hydrogen (secondary N) is 1. The van der Waals surface area contributed by atoms with E-state index in [4.69, 9.17) is 9.47 Å². The lowest BCUT2D eigenvalue weighted by Crippen LogP contribution is -2.63. The van der Waals surface area contributed by atoms with Crippen molar-refractivity contribution in [1.82, 2.24) is 5.32 Å². The SMILES string of the molecule is CCC.COc1cc(C(O)(O)C(O)(O)NC(=O)OCOC=O)c(OC)cc1Br. The van der Waals surface area contributed by atoms with Crippen molar-refractivity contribution >= 4 is 28.5 Å². The molecule has 0 aromatic heterocycles. The number of ether oxygens (including phenoxy) is 4. The zero-order valence-electron chi connectivity index (χ0n) is 15.8. The normalized spacial score (nSPS) is 10.9. The number of methoxy groups -OCH3 is 2. The molecule has 0 saturated heterocycles. The quantitative estimate of drug-likeness (QED) is 0.206. The molecular formula is C16H24BrNO10. The van der Waals surface area contributed by atoms with Crippen LogP contribution in [0.5, 0.6) is 11.5 Å². The molecule has 1 aromatic rings. The summed E-state index contributed by atoms with van der Waals surface area (Å²) in [7, 11) is 2.49. The zero-order valence-corrected chi connectivity index (χ0v) is 17.3. The maximum Gasteiger partial charge on any atom is 0.414 e. The van der Waals surface area contributed by atoms with Crippen molar-refractivity contribution in [2.24, 2.45) is 0 Å². The highest BCUT2D eigenvalue weighted by Crippen LogP contribution is 2.40. The third kappa shape index (κ3) is 6.80. The first-order valence-electron chi connectivity index (χ1n) is 7.83. The van der Waals surface area contributed by atoms with E-state index in [0.717, 1.165) is 6.07 Å². The van der Waals surface area contributed by atoms with Crippen LogP contribution in [0.4, 0.5) is 4.79 Å². The average molecular weight is 470 g/mol. The van der Waals surface area contributed by atoms with Crippen LogP contribution < -0.4 is 14.8 Å². The second-order valence-corrected chi connectivity index (χ2v) is 6.03. The van der Waals surface area contributed by atoms with E-state index in [-0.39, 0.29) is 18.0 Å². The van der Waals surface area contributed by atoms with Crippen molar-refractivity contribution in [3.63, 3.8) is 0 Å². The first-order valence-corrected chi connectivity index (χ1v) is 8.63. The van der Waals surface area contributed by atoms with Gasteiger partial charge in [-0.15, -0.1) is 0 Å². The van der Waals surface area contributed by atoms with Gasteiger partial charge in [0.25, 0.3) is 12.3 Å². The van der Waals surface area contributed by atoms with Gasteiger partial charge < -0.3 is 39.4 Å². The van der Waals surface area contributed by atoms with E-state index >= 15 is 0 Å². The zero-order chi connectivity index (χ0) is 22.0. The van der Waals surface area contributed by atoms with E-state index in [9.17, 15) is 30.0 Å². The lowest BCUT2D eigenvalue weighted by atomic mass is 10.0. The minimum absolute atomic E-state index is 0.0141. The summed E-state index contributed by atoms with van der Waals surface area (Å²) in [6.45, 7) is 3.41. The fourth-order valence-corrected chi connectivity index (χ4v) is 2.19. The van der Waals surface area contributed by atoms with E-state index in [0.29, 0.717) is 4.47 Å². The van der Waals surface area contributed by atoms with E-state index in [1.165, 1.54) is 32.0 Å². The fourth-order valence-electron chi connectivity index (χ4n) is 1.70. The molecule has 28 heavy (non-hydrogen) atoms. The molecule has 0 heterocycles. The van der Waals surface area contributed by atoms with Gasteiger partial charge in [-0.05, 0) is 28.1 Å².